The number of nitrogens with zero attached hydrogens (tertiary/aromatic N) is 1. The smallest absolute Gasteiger partial charge is 0.384 e. The summed E-state index contributed by atoms with van der Waals surface area (Å²) in [5.41, 5.74) is 4.58. The fraction of sp³-hybridized carbons (Fsp3) is 0.545. The Balaban J connectivity index is 2.20. The Morgan fingerprint density at radius 3 is 2.72 bits per heavy atom. The van der Waals surface area contributed by atoms with Gasteiger partial charge in [-0.25, -0.2) is 4.98 Å². The molecular formula is C11H14F3N3O. The zero-order valence-electron chi connectivity index (χ0n) is 9.79. The van der Waals surface area contributed by atoms with Gasteiger partial charge in [0.15, 0.2) is 0 Å². The van der Waals surface area contributed by atoms with E-state index in [4.69, 9.17) is 10.5 Å². The first-order valence-corrected chi connectivity index (χ1v) is 5.59. The first-order valence-electron chi connectivity index (χ1n) is 5.59. The van der Waals surface area contributed by atoms with Crippen LogP contribution in [0.15, 0.2) is 12.1 Å². The Kier molecular flexibility index (Phi) is 3.34. The van der Waals surface area contributed by atoms with Crippen molar-refractivity contribution >= 4 is 11.6 Å². The number of alkyl halides is 3. The zero-order valence-corrected chi connectivity index (χ0v) is 9.79. The molecule has 0 aliphatic carbocycles. The van der Waals surface area contributed by atoms with E-state index in [0.29, 0.717) is 6.61 Å². The molecule has 1 saturated heterocycles. The van der Waals surface area contributed by atoms with Crippen molar-refractivity contribution in [3.05, 3.63) is 17.7 Å². The molecule has 2 heterocycles. The van der Waals surface area contributed by atoms with E-state index in [1.165, 1.54) is 0 Å². The highest BCUT2D eigenvalue weighted by molar-refractivity contribution is 5.48. The van der Waals surface area contributed by atoms with Crippen molar-refractivity contribution in [3.63, 3.8) is 0 Å². The van der Waals surface area contributed by atoms with Crippen LogP contribution in [-0.4, -0.2) is 23.7 Å². The second-order valence-electron chi connectivity index (χ2n) is 4.28. The van der Waals surface area contributed by atoms with Crippen LogP contribution in [-0.2, 0) is 10.9 Å². The fourth-order valence-corrected chi connectivity index (χ4v) is 1.90. The van der Waals surface area contributed by atoms with Crippen molar-refractivity contribution < 1.29 is 17.9 Å². The molecule has 4 nitrogen and oxygen atoms in total. The van der Waals surface area contributed by atoms with Gasteiger partial charge in [-0.3, -0.25) is 0 Å². The van der Waals surface area contributed by atoms with Gasteiger partial charge in [0.05, 0.1) is 17.7 Å². The molecule has 1 fully saturated rings. The molecule has 7 heteroatoms. The number of anilines is 2. The molecule has 1 aromatic rings. The molecular weight excluding hydrogens is 247 g/mol. The van der Waals surface area contributed by atoms with E-state index in [-0.39, 0.29) is 23.8 Å². The SMILES string of the molecule is CC1OCCC1Nc1cc(C(F)(F)F)cc(N)n1. The maximum atomic E-state index is 12.6. The van der Waals surface area contributed by atoms with E-state index in [1.807, 2.05) is 6.92 Å². The highest BCUT2D eigenvalue weighted by Gasteiger charge is 2.32. The number of rotatable bonds is 2. The molecule has 0 bridgehead atoms. The van der Waals surface area contributed by atoms with Gasteiger partial charge in [0.25, 0.3) is 0 Å². The molecule has 0 amide bonds. The molecule has 18 heavy (non-hydrogen) atoms. The highest BCUT2D eigenvalue weighted by Crippen LogP contribution is 2.32. The van der Waals surface area contributed by atoms with Crippen molar-refractivity contribution in [2.45, 2.75) is 31.7 Å². The number of pyridine rings is 1. The minimum absolute atomic E-state index is 0.0413. The Bertz CT molecular complexity index is 436. The molecule has 0 aromatic carbocycles. The Hall–Kier alpha value is -1.50. The Labute approximate surface area is 102 Å². The lowest BCUT2D eigenvalue weighted by Crippen LogP contribution is -2.27. The van der Waals surface area contributed by atoms with Gasteiger partial charge in [-0.1, -0.05) is 0 Å². The maximum Gasteiger partial charge on any atom is 0.416 e. The molecule has 0 saturated carbocycles. The van der Waals surface area contributed by atoms with E-state index < -0.39 is 11.7 Å². The number of nitrogen functional groups attached to an aromatic ring is 1. The van der Waals surface area contributed by atoms with Crippen LogP contribution in [0.1, 0.15) is 18.9 Å². The van der Waals surface area contributed by atoms with Gasteiger partial charge in [0.1, 0.15) is 11.6 Å². The number of halogens is 3. The van der Waals surface area contributed by atoms with E-state index in [1.54, 1.807) is 0 Å². The first kappa shape index (κ1) is 12.9. The predicted octanol–water partition coefficient (Wildman–Crippen LogP) is 2.27. The number of hydrogen-bond acceptors (Lipinski definition) is 4. The molecule has 1 aliphatic rings. The molecule has 0 spiro atoms. The van der Waals surface area contributed by atoms with Gasteiger partial charge < -0.3 is 15.8 Å². The van der Waals surface area contributed by atoms with E-state index in [2.05, 4.69) is 10.3 Å². The largest absolute Gasteiger partial charge is 0.416 e. The van der Waals surface area contributed by atoms with Gasteiger partial charge in [0.2, 0.25) is 0 Å². The Morgan fingerprint density at radius 2 is 2.17 bits per heavy atom. The summed E-state index contributed by atoms with van der Waals surface area (Å²) in [6.07, 6.45) is -3.74. The maximum absolute atomic E-state index is 12.6. The molecule has 100 valence electrons. The number of aromatic nitrogens is 1. The Morgan fingerprint density at radius 1 is 1.44 bits per heavy atom. The number of ether oxygens (including phenoxy) is 1. The zero-order chi connectivity index (χ0) is 13.3. The van der Waals surface area contributed by atoms with Crippen LogP contribution >= 0.6 is 0 Å². The summed E-state index contributed by atoms with van der Waals surface area (Å²) in [7, 11) is 0. The summed E-state index contributed by atoms with van der Waals surface area (Å²) in [4.78, 5) is 3.86. The minimum atomic E-state index is -4.43. The van der Waals surface area contributed by atoms with Crippen LogP contribution in [0.2, 0.25) is 0 Å². The summed E-state index contributed by atoms with van der Waals surface area (Å²) >= 11 is 0. The van der Waals surface area contributed by atoms with Gasteiger partial charge in [-0.15, -0.1) is 0 Å². The van der Waals surface area contributed by atoms with Crippen molar-refractivity contribution in [1.29, 1.82) is 0 Å². The predicted molar refractivity (Wildman–Crippen MR) is 61.1 cm³/mol. The van der Waals surface area contributed by atoms with Crippen molar-refractivity contribution in [2.75, 3.05) is 17.7 Å². The topological polar surface area (TPSA) is 60.2 Å². The molecule has 3 N–H and O–H groups in total. The van der Waals surface area contributed by atoms with Gasteiger partial charge >= 0.3 is 6.18 Å². The molecule has 2 rings (SSSR count). The van der Waals surface area contributed by atoms with Crippen LogP contribution in [0.4, 0.5) is 24.8 Å². The second-order valence-corrected chi connectivity index (χ2v) is 4.28. The average molecular weight is 261 g/mol. The average Bonchev–Trinajstić information content (AvgIpc) is 2.62. The van der Waals surface area contributed by atoms with Crippen molar-refractivity contribution in [2.24, 2.45) is 0 Å². The van der Waals surface area contributed by atoms with Crippen molar-refractivity contribution in [3.8, 4) is 0 Å². The highest BCUT2D eigenvalue weighted by atomic mass is 19.4. The quantitative estimate of drug-likeness (QED) is 0.857. The summed E-state index contributed by atoms with van der Waals surface area (Å²) in [6, 6.07) is 1.74. The lowest BCUT2D eigenvalue weighted by molar-refractivity contribution is -0.137. The second kappa shape index (κ2) is 4.64. The van der Waals surface area contributed by atoms with E-state index in [0.717, 1.165) is 18.6 Å². The van der Waals surface area contributed by atoms with E-state index in [9.17, 15) is 13.2 Å². The molecule has 1 aromatic heterocycles. The van der Waals surface area contributed by atoms with Crippen LogP contribution in [0.25, 0.3) is 0 Å². The van der Waals surface area contributed by atoms with Gasteiger partial charge in [0, 0.05) is 6.61 Å². The lowest BCUT2D eigenvalue weighted by Gasteiger charge is -2.18. The molecule has 1 aliphatic heterocycles. The van der Waals surface area contributed by atoms with Crippen LogP contribution in [0.3, 0.4) is 0 Å². The molecule has 2 unspecified atom stereocenters. The summed E-state index contributed by atoms with van der Waals surface area (Å²) in [6.45, 7) is 2.45. The van der Waals surface area contributed by atoms with Crippen LogP contribution in [0.5, 0.6) is 0 Å². The number of nitrogens with one attached hydrogen (secondary N) is 1. The normalized spacial score (nSPS) is 24.2. The standard InChI is InChI=1S/C11H14F3N3O/c1-6-8(2-3-18-6)16-10-5-7(11(12,13)14)4-9(15)17-10/h4-6,8H,2-3H2,1H3,(H3,15,16,17). The summed E-state index contributed by atoms with van der Waals surface area (Å²) < 4.78 is 43.1. The van der Waals surface area contributed by atoms with Gasteiger partial charge in [-0.05, 0) is 25.5 Å². The molecule has 0 radical (unpaired) electrons. The monoisotopic (exact) mass is 261 g/mol. The summed E-state index contributed by atoms with van der Waals surface area (Å²) in [5, 5.41) is 2.93. The fourth-order valence-electron chi connectivity index (χ4n) is 1.90. The lowest BCUT2D eigenvalue weighted by atomic mass is 10.1. The third kappa shape index (κ3) is 2.84. The van der Waals surface area contributed by atoms with E-state index >= 15 is 0 Å². The number of hydrogen-bond donors (Lipinski definition) is 2. The third-order valence-corrected chi connectivity index (χ3v) is 2.88. The van der Waals surface area contributed by atoms with Crippen LogP contribution in [0, 0.1) is 0 Å². The first-order chi connectivity index (χ1) is 8.36. The minimum Gasteiger partial charge on any atom is -0.384 e. The third-order valence-electron chi connectivity index (χ3n) is 2.88. The molecule has 2 atom stereocenters. The number of nitrogens with two attached hydrogens (primary N) is 1. The van der Waals surface area contributed by atoms with Crippen LogP contribution < -0.4 is 11.1 Å². The van der Waals surface area contributed by atoms with Gasteiger partial charge in [-0.2, -0.15) is 13.2 Å². The van der Waals surface area contributed by atoms with Crippen molar-refractivity contribution in [1.82, 2.24) is 4.98 Å². The summed E-state index contributed by atoms with van der Waals surface area (Å²) in [5.74, 6) is -0.0245.